The zero-order chi connectivity index (χ0) is 22.3. The lowest BCUT2D eigenvalue weighted by molar-refractivity contribution is -0.385. The lowest BCUT2D eigenvalue weighted by Gasteiger charge is -2.04. The third-order valence-corrected chi connectivity index (χ3v) is 5.93. The fourth-order valence-corrected chi connectivity index (χ4v) is 3.10. The Morgan fingerprint density at radius 3 is 1.79 bits per heavy atom. The molecule has 1 N–H and O–H groups in total. The average Bonchev–Trinajstić information content (AvgIpc) is 2.62. The van der Waals surface area contributed by atoms with Crippen molar-refractivity contribution in [1.82, 2.24) is 0 Å². The highest BCUT2D eigenvalue weighted by Crippen LogP contribution is 2.28. The second kappa shape index (κ2) is 10.6. The van der Waals surface area contributed by atoms with Gasteiger partial charge in [0.2, 0.25) is 0 Å². The number of hydrogen-bond acceptors (Lipinski definition) is 6. The van der Waals surface area contributed by atoms with Crippen LogP contribution < -0.4 is 0 Å². The van der Waals surface area contributed by atoms with E-state index < -0.39 is 15.8 Å². The number of carboxylic acid groups (broad SMARTS) is 1. The molecule has 0 atom stereocenters. The van der Waals surface area contributed by atoms with Gasteiger partial charge in [-0.15, -0.1) is 0 Å². The summed E-state index contributed by atoms with van der Waals surface area (Å²) >= 11 is 6.50. The number of rotatable bonds is 5. The molecule has 0 spiro atoms. The summed E-state index contributed by atoms with van der Waals surface area (Å²) in [6.45, 7) is 3.44. The number of hydrogen-bond donors (Lipinski definition) is 1. The van der Waals surface area contributed by atoms with Crippen LogP contribution in [-0.2, 0) is 17.6 Å². The van der Waals surface area contributed by atoms with E-state index in [2.05, 4.69) is 31.9 Å². The topological polar surface area (TPSA) is 147 Å². The Bertz CT molecular complexity index is 1020. The summed E-state index contributed by atoms with van der Waals surface area (Å²) in [4.78, 5) is 30.6. The van der Waals surface area contributed by atoms with E-state index in [0.717, 1.165) is 10.0 Å². The Balaban J connectivity index is 0.000000291. The minimum Gasteiger partial charge on any atom is -0.481 e. The average molecular weight is 529 g/mol. The molecule has 0 amide bonds. The molecule has 0 heterocycles. The molecule has 0 saturated carbocycles. The molecule has 2 aromatic rings. The summed E-state index contributed by atoms with van der Waals surface area (Å²) in [5, 5.41) is 38.2. The molecule has 0 aromatic heterocycles. The maximum Gasteiger partial charge on any atom is 0.307 e. The summed E-state index contributed by atoms with van der Waals surface area (Å²) in [5.41, 5.74) is 2.42. The molecule has 0 saturated heterocycles. The third-order valence-electron chi connectivity index (χ3n) is 3.66. The molecular formula is C18H15Br2N3O6. The monoisotopic (exact) mass is 527 g/mol. The Kier molecular flexibility index (Phi) is 8.87. The minimum absolute atomic E-state index is 0.0240. The van der Waals surface area contributed by atoms with Crippen molar-refractivity contribution < 1.29 is 19.7 Å². The summed E-state index contributed by atoms with van der Waals surface area (Å²) in [5.74, 6) is -1.02. The zero-order valence-electron chi connectivity index (χ0n) is 15.3. The molecule has 0 bridgehead atoms. The summed E-state index contributed by atoms with van der Waals surface area (Å²) < 4.78 is 1.38. The van der Waals surface area contributed by atoms with Gasteiger partial charge in [0.15, 0.2) is 0 Å². The van der Waals surface area contributed by atoms with Crippen molar-refractivity contribution in [2.75, 3.05) is 0 Å². The van der Waals surface area contributed by atoms with Crippen LogP contribution in [0.15, 0.2) is 33.2 Å². The van der Waals surface area contributed by atoms with Crippen molar-refractivity contribution in [3.05, 3.63) is 75.7 Å². The highest BCUT2D eigenvalue weighted by atomic mass is 79.9. The van der Waals surface area contributed by atoms with Gasteiger partial charge in [0.25, 0.3) is 11.4 Å². The number of nitro benzene ring substituents is 2. The van der Waals surface area contributed by atoms with Crippen LogP contribution in [0, 0.1) is 45.4 Å². The molecule has 29 heavy (non-hydrogen) atoms. The first kappa shape index (κ1) is 24.2. The molecule has 0 radical (unpaired) electrons. The van der Waals surface area contributed by atoms with Crippen molar-refractivity contribution in [2.24, 2.45) is 0 Å². The van der Waals surface area contributed by atoms with Crippen LogP contribution in [0.1, 0.15) is 22.3 Å². The van der Waals surface area contributed by atoms with E-state index in [4.69, 9.17) is 10.4 Å². The van der Waals surface area contributed by atoms with Crippen LogP contribution in [-0.4, -0.2) is 20.9 Å². The van der Waals surface area contributed by atoms with Crippen LogP contribution in [0.4, 0.5) is 11.4 Å². The molecular weight excluding hydrogens is 514 g/mol. The molecule has 0 fully saturated rings. The summed E-state index contributed by atoms with van der Waals surface area (Å²) in [6.07, 6.45) is -0.0633. The number of aryl methyl sites for hydroxylation is 2. The van der Waals surface area contributed by atoms with Crippen LogP contribution >= 0.6 is 31.9 Å². The molecule has 11 heteroatoms. The number of benzene rings is 2. The van der Waals surface area contributed by atoms with E-state index in [1.54, 1.807) is 13.8 Å². The highest BCUT2D eigenvalue weighted by molar-refractivity contribution is 9.10. The van der Waals surface area contributed by atoms with Crippen molar-refractivity contribution in [1.29, 1.82) is 5.26 Å². The maximum atomic E-state index is 10.5. The van der Waals surface area contributed by atoms with E-state index in [-0.39, 0.29) is 24.2 Å². The predicted molar refractivity (Wildman–Crippen MR) is 112 cm³/mol. The van der Waals surface area contributed by atoms with Crippen molar-refractivity contribution in [3.63, 3.8) is 0 Å². The van der Waals surface area contributed by atoms with Crippen LogP contribution in [0.2, 0.25) is 0 Å². The second-order valence-electron chi connectivity index (χ2n) is 5.89. The quantitative estimate of drug-likeness (QED) is 0.422. The number of non-ortho nitro benzene ring substituents is 2. The number of halogens is 2. The van der Waals surface area contributed by atoms with E-state index in [9.17, 15) is 25.0 Å². The Hall–Kier alpha value is -2.84. The smallest absolute Gasteiger partial charge is 0.307 e. The Morgan fingerprint density at radius 1 is 1.00 bits per heavy atom. The van der Waals surface area contributed by atoms with E-state index in [0.29, 0.717) is 21.2 Å². The first-order valence-electron chi connectivity index (χ1n) is 7.93. The van der Waals surface area contributed by atoms with Gasteiger partial charge in [-0.1, -0.05) is 31.9 Å². The number of aliphatic carboxylic acids is 1. The van der Waals surface area contributed by atoms with Gasteiger partial charge in [-0.3, -0.25) is 25.0 Å². The molecule has 9 nitrogen and oxygen atoms in total. The first-order chi connectivity index (χ1) is 13.5. The van der Waals surface area contributed by atoms with Gasteiger partial charge in [-0.25, -0.2) is 0 Å². The summed E-state index contributed by atoms with van der Waals surface area (Å²) in [7, 11) is 0. The normalized spacial score (nSPS) is 9.76. The Morgan fingerprint density at radius 2 is 1.41 bits per heavy atom. The number of nitro groups is 2. The van der Waals surface area contributed by atoms with E-state index in [1.165, 1.54) is 24.3 Å². The lowest BCUT2D eigenvalue weighted by Crippen LogP contribution is -2.02. The van der Waals surface area contributed by atoms with Gasteiger partial charge >= 0.3 is 5.97 Å². The van der Waals surface area contributed by atoms with Crippen molar-refractivity contribution in [3.8, 4) is 6.07 Å². The van der Waals surface area contributed by atoms with Gasteiger partial charge in [-0.05, 0) is 36.1 Å². The van der Waals surface area contributed by atoms with Crippen molar-refractivity contribution >= 4 is 49.2 Å². The lowest BCUT2D eigenvalue weighted by atomic mass is 10.1. The van der Waals surface area contributed by atoms with Gasteiger partial charge < -0.3 is 5.11 Å². The van der Waals surface area contributed by atoms with Gasteiger partial charge in [0.1, 0.15) is 0 Å². The number of nitrogens with zero attached hydrogens (tertiary/aromatic N) is 3. The van der Waals surface area contributed by atoms with Gasteiger partial charge in [0.05, 0.1) is 28.8 Å². The molecule has 152 valence electrons. The molecule has 2 aromatic carbocycles. The fourth-order valence-electron chi connectivity index (χ4n) is 2.36. The fraction of sp³-hybridized carbons (Fsp3) is 0.222. The molecule has 0 aliphatic rings. The number of carbonyl (C=O) groups is 1. The molecule has 0 unspecified atom stereocenters. The zero-order valence-corrected chi connectivity index (χ0v) is 18.5. The molecule has 0 aliphatic heterocycles. The SMILES string of the molecule is Cc1cc([N+](=O)[O-])cc(CC#N)c1Br.Cc1cc([N+](=O)[O-])cc(CC(=O)O)c1Br. The minimum atomic E-state index is -1.02. The number of carboxylic acids is 1. The van der Waals surface area contributed by atoms with E-state index >= 15 is 0 Å². The maximum absolute atomic E-state index is 10.5. The largest absolute Gasteiger partial charge is 0.481 e. The predicted octanol–water partition coefficient (Wildman–Crippen LogP) is 5.02. The van der Waals surface area contributed by atoms with Crippen LogP contribution in [0.3, 0.4) is 0 Å². The second-order valence-corrected chi connectivity index (χ2v) is 7.48. The van der Waals surface area contributed by atoms with Gasteiger partial charge in [0, 0.05) is 33.2 Å². The van der Waals surface area contributed by atoms with Gasteiger partial charge in [-0.2, -0.15) is 5.26 Å². The Labute approximate surface area is 182 Å². The highest BCUT2D eigenvalue weighted by Gasteiger charge is 2.15. The van der Waals surface area contributed by atoms with E-state index in [1.807, 2.05) is 6.07 Å². The third kappa shape index (κ3) is 6.92. The summed E-state index contributed by atoms with van der Waals surface area (Å²) in [6, 6.07) is 7.53. The standard InChI is InChI=1S/C9H7BrN2O2.C9H8BrNO4/c1-6-4-8(12(13)14)5-7(2-3-11)9(6)10;1-5-2-7(11(14)15)3-6(9(5)10)4-8(12)13/h4-5H,2H2,1H3;2-3H,4H2,1H3,(H,12,13). The van der Waals surface area contributed by atoms with Crippen molar-refractivity contribution in [2.45, 2.75) is 26.7 Å². The molecule has 0 aliphatic carbocycles. The molecule has 2 rings (SSSR count). The first-order valence-corrected chi connectivity index (χ1v) is 9.52. The van der Waals surface area contributed by atoms with Crippen LogP contribution in [0.5, 0.6) is 0 Å². The number of nitriles is 1. The van der Waals surface area contributed by atoms with Crippen LogP contribution in [0.25, 0.3) is 0 Å².